The first-order chi connectivity index (χ1) is 17.0. The number of hydrogen-bond acceptors (Lipinski definition) is 2. The van der Waals surface area contributed by atoms with E-state index in [1.165, 1.54) is 5.56 Å². The van der Waals surface area contributed by atoms with Crippen LogP contribution in [0.3, 0.4) is 0 Å². The van der Waals surface area contributed by atoms with Gasteiger partial charge >= 0.3 is 0 Å². The Morgan fingerprint density at radius 2 is 1.60 bits per heavy atom. The van der Waals surface area contributed by atoms with Gasteiger partial charge in [0.1, 0.15) is 6.04 Å². The standard InChI is InChI=1S/C30H33ClN2O2/c1-3-21(2)28(30(35)33-18-16-24(17-19-33)23-12-14-27(31)15-13-23)32-29(34)26-11-7-10-25(20-26)22-8-5-4-6-9-22/h4-15,20-21,24,28H,3,16-19H2,1-2H3,(H,32,34)/t21-,28+/m0/s1. The van der Waals surface area contributed by atoms with E-state index in [1.807, 2.05) is 72.5 Å². The van der Waals surface area contributed by atoms with E-state index < -0.39 is 6.04 Å². The summed E-state index contributed by atoms with van der Waals surface area (Å²) in [5.41, 5.74) is 3.87. The first-order valence-electron chi connectivity index (χ1n) is 12.5. The zero-order chi connectivity index (χ0) is 24.8. The predicted octanol–water partition coefficient (Wildman–Crippen LogP) is 6.56. The second-order valence-electron chi connectivity index (χ2n) is 9.43. The number of hydrogen-bond donors (Lipinski definition) is 1. The Bertz CT molecular complexity index is 1140. The highest BCUT2D eigenvalue weighted by Gasteiger charge is 2.32. The van der Waals surface area contributed by atoms with E-state index in [9.17, 15) is 9.59 Å². The number of halogens is 1. The quantitative estimate of drug-likeness (QED) is 0.409. The van der Waals surface area contributed by atoms with Crippen LogP contribution in [-0.2, 0) is 4.79 Å². The first-order valence-corrected chi connectivity index (χ1v) is 12.8. The fourth-order valence-corrected chi connectivity index (χ4v) is 4.87. The summed E-state index contributed by atoms with van der Waals surface area (Å²) in [6, 6.07) is 25.0. The van der Waals surface area contributed by atoms with Crippen LogP contribution < -0.4 is 5.32 Å². The largest absolute Gasteiger partial charge is 0.341 e. The Labute approximate surface area is 213 Å². The van der Waals surface area contributed by atoms with Crippen LogP contribution in [-0.4, -0.2) is 35.8 Å². The molecule has 0 aromatic heterocycles. The molecular formula is C30H33ClN2O2. The third-order valence-corrected chi connectivity index (χ3v) is 7.40. The van der Waals surface area contributed by atoms with Gasteiger partial charge in [-0.05, 0) is 65.6 Å². The fraction of sp³-hybridized carbons (Fsp3) is 0.333. The van der Waals surface area contributed by atoms with Crippen molar-refractivity contribution in [3.63, 3.8) is 0 Å². The molecule has 1 aliphatic rings. The van der Waals surface area contributed by atoms with E-state index in [2.05, 4.69) is 24.4 Å². The molecule has 3 aromatic carbocycles. The van der Waals surface area contributed by atoms with Crippen molar-refractivity contribution in [3.8, 4) is 11.1 Å². The van der Waals surface area contributed by atoms with Crippen LogP contribution >= 0.6 is 11.6 Å². The normalized spacial score (nSPS) is 15.9. The molecule has 0 spiro atoms. The average molecular weight is 489 g/mol. The van der Waals surface area contributed by atoms with Gasteiger partial charge in [-0.15, -0.1) is 0 Å². The number of rotatable bonds is 7. The molecule has 1 N–H and O–H groups in total. The second-order valence-corrected chi connectivity index (χ2v) is 9.87. The molecule has 0 unspecified atom stereocenters. The van der Waals surface area contributed by atoms with Crippen molar-refractivity contribution >= 4 is 23.4 Å². The van der Waals surface area contributed by atoms with Crippen molar-refractivity contribution in [2.24, 2.45) is 5.92 Å². The molecule has 4 nitrogen and oxygen atoms in total. The number of nitrogens with one attached hydrogen (secondary N) is 1. The summed E-state index contributed by atoms with van der Waals surface area (Å²) < 4.78 is 0. The maximum atomic E-state index is 13.5. The molecule has 0 saturated carbocycles. The molecule has 1 fully saturated rings. The van der Waals surface area contributed by atoms with Gasteiger partial charge in [0.15, 0.2) is 0 Å². The lowest BCUT2D eigenvalue weighted by atomic mass is 9.88. The number of nitrogens with zero attached hydrogens (tertiary/aromatic N) is 1. The molecule has 35 heavy (non-hydrogen) atoms. The smallest absolute Gasteiger partial charge is 0.251 e. The van der Waals surface area contributed by atoms with Crippen LogP contribution in [0.4, 0.5) is 0 Å². The highest BCUT2D eigenvalue weighted by Crippen LogP contribution is 2.29. The van der Waals surface area contributed by atoms with E-state index in [0.29, 0.717) is 24.6 Å². The zero-order valence-electron chi connectivity index (χ0n) is 20.4. The van der Waals surface area contributed by atoms with Crippen molar-refractivity contribution in [3.05, 3.63) is 95.0 Å². The van der Waals surface area contributed by atoms with E-state index in [1.54, 1.807) is 6.07 Å². The minimum absolute atomic E-state index is 0.0153. The molecule has 0 bridgehead atoms. The second kappa shape index (κ2) is 11.5. The third kappa shape index (κ3) is 6.12. The molecule has 2 amide bonds. The maximum absolute atomic E-state index is 13.5. The van der Waals surface area contributed by atoms with Crippen LogP contribution in [0.1, 0.15) is 54.9 Å². The lowest BCUT2D eigenvalue weighted by molar-refractivity contribution is -0.135. The lowest BCUT2D eigenvalue weighted by Gasteiger charge is -2.36. The summed E-state index contributed by atoms with van der Waals surface area (Å²) in [6.07, 6.45) is 2.63. The number of amides is 2. The van der Waals surface area contributed by atoms with Crippen LogP contribution in [0, 0.1) is 5.92 Å². The van der Waals surface area contributed by atoms with E-state index in [0.717, 1.165) is 35.4 Å². The highest BCUT2D eigenvalue weighted by molar-refractivity contribution is 6.30. The molecule has 1 saturated heterocycles. The van der Waals surface area contributed by atoms with Gasteiger partial charge in [0.05, 0.1) is 0 Å². The zero-order valence-corrected chi connectivity index (χ0v) is 21.2. The summed E-state index contributed by atoms with van der Waals surface area (Å²) in [5.74, 6) is 0.269. The summed E-state index contributed by atoms with van der Waals surface area (Å²) >= 11 is 6.03. The Hall–Kier alpha value is -3.11. The topological polar surface area (TPSA) is 49.4 Å². The molecule has 3 aromatic rings. The number of piperidine rings is 1. The molecule has 0 radical (unpaired) electrons. The first kappa shape index (κ1) is 25.0. The van der Waals surface area contributed by atoms with E-state index in [4.69, 9.17) is 11.6 Å². The number of likely N-dealkylation sites (tertiary alicyclic amines) is 1. The third-order valence-electron chi connectivity index (χ3n) is 7.15. The molecule has 4 rings (SSSR count). The predicted molar refractivity (Wildman–Crippen MR) is 143 cm³/mol. The van der Waals surface area contributed by atoms with Gasteiger partial charge in [-0.25, -0.2) is 0 Å². The summed E-state index contributed by atoms with van der Waals surface area (Å²) in [4.78, 5) is 28.7. The minimum atomic E-state index is -0.542. The Morgan fingerprint density at radius 1 is 0.943 bits per heavy atom. The van der Waals surface area contributed by atoms with E-state index >= 15 is 0 Å². The van der Waals surface area contributed by atoms with Crippen LogP contribution in [0.2, 0.25) is 5.02 Å². The Balaban J connectivity index is 1.43. The maximum Gasteiger partial charge on any atom is 0.251 e. The van der Waals surface area contributed by atoms with Gasteiger partial charge in [0.2, 0.25) is 5.91 Å². The van der Waals surface area contributed by atoms with Gasteiger partial charge in [-0.1, -0.05) is 86.5 Å². The van der Waals surface area contributed by atoms with Crippen LogP contribution in [0.5, 0.6) is 0 Å². The summed E-state index contributed by atoms with van der Waals surface area (Å²) in [7, 11) is 0. The fourth-order valence-electron chi connectivity index (χ4n) is 4.74. The summed E-state index contributed by atoms with van der Waals surface area (Å²) in [6.45, 7) is 5.47. The molecule has 182 valence electrons. The molecule has 1 aliphatic heterocycles. The molecular weight excluding hydrogens is 456 g/mol. The molecule has 5 heteroatoms. The van der Waals surface area contributed by atoms with Gasteiger partial charge in [0, 0.05) is 23.7 Å². The summed E-state index contributed by atoms with van der Waals surface area (Å²) in [5, 5.41) is 3.80. The van der Waals surface area contributed by atoms with Crippen LogP contribution in [0.15, 0.2) is 78.9 Å². The van der Waals surface area contributed by atoms with Crippen molar-refractivity contribution in [2.75, 3.05) is 13.1 Å². The molecule has 0 aliphatic carbocycles. The Morgan fingerprint density at radius 3 is 2.26 bits per heavy atom. The van der Waals surface area contributed by atoms with Crippen molar-refractivity contribution < 1.29 is 9.59 Å². The van der Waals surface area contributed by atoms with Gasteiger partial charge < -0.3 is 10.2 Å². The lowest BCUT2D eigenvalue weighted by Crippen LogP contribution is -2.53. The highest BCUT2D eigenvalue weighted by atomic mass is 35.5. The molecule has 2 atom stereocenters. The monoisotopic (exact) mass is 488 g/mol. The van der Waals surface area contributed by atoms with Crippen molar-refractivity contribution in [2.45, 2.75) is 45.1 Å². The number of carbonyl (C=O) groups excluding carboxylic acids is 2. The van der Waals surface area contributed by atoms with Gasteiger partial charge in [-0.2, -0.15) is 0 Å². The van der Waals surface area contributed by atoms with Gasteiger partial charge in [0.25, 0.3) is 5.91 Å². The van der Waals surface area contributed by atoms with Crippen LogP contribution in [0.25, 0.3) is 11.1 Å². The minimum Gasteiger partial charge on any atom is -0.341 e. The molecule has 1 heterocycles. The van der Waals surface area contributed by atoms with Gasteiger partial charge in [-0.3, -0.25) is 9.59 Å². The number of benzene rings is 3. The van der Waals surface area contributed by atoms with Crippen molar-refractivity contribution in [1.29, 1.82) is 0 Å². The van der Waals surface area contributed by atoms with E-state index in [-0.39, 0.29) is 17.7 Å². The average Bonchev–Trinajstić information content (AvgIpc) is 2.92. The Kier molecular flexibility index (Phi) is 8.25. The number of carbonyl (C=O) groups is 2. The van der Waals surface area contributed by atoms with Crippen molar-refractivity contribution in [1.82, 2.24) is 10.2 Å². The SMILES string of the molecule is CC[C@H](C)[C@@H](NC(=O)c1cccc(-c2ccccc2)c1)C(=O)N1CCC(c2ccc(Cl)cc2)CC1.